The van der Waals surface area contributed by atoms with Gasteiger partial charge in [0.05, 0.1) is 46.4 Å². The largest absolute Gasteiger partial charge is 0.378 e. The number of nitriles is 1. The highest BCUT2D eigenvalue weighted by Gasteiger charge is 2.20. The van der Waals surface area contributed by atoms with Crippen molar-refractivity contribution in [1.82, 2.24) is 19.9 Å². The Morgan fingerprint density at radius 2 is 1.78 bits per heavy atom. The minimum atomic E-state index is 0.643. The van der Waals surface area contributed by atoms with Crippen LogP contribution >= 0.6 is 11.3 Å². The van der Waals surface area contributed by atoms with Crippen molar-refractivity contribution in [1.29, 1.82) is 5.26 Å². The Bertz CT molecular complexity index is 1400. The van der Waals surface area contributed by atoms with Crippen LogP contribution in [-0.4, -0.2) is 59.2 Å². The van der Waals surface area contributed by atoms with Crippen LogP contribution in [0.15, 0.2) is 48.7 Å². The minimum absolute atomic E-state index is 0.643. The van der Waals surface area contributed by atoms with Crippen molar-refractivity contribution in [3.8, 4) is 16.6 Å². The zero-order chi connectivity index (χ0) is 24.3. The van der Waals surface area contributed by atoms with Crippen LogP contribution in [0.3, 0.4) is 0 Å². The predicted molar refractivity (Wildman–Crippen MR) is 143 cm³/mol. The van der Waals surface area contributed by atoms with E-state index >= 15 is 0 Å². The smallest absolute Gasteiger partial charge is 0.133 e. The molecule has 182 valence electrons. The molecule has 8 nitrogen and oxygen atoms in total. The van der Waals surface area contributed by atoms with Gasteiger partial charge in [-0.05, 0) is 50.2 Å². The molecular weight excluding hydrogens is 470 g/mol. The minimum Gasteiger partial charge on any atom is -0.378 e. The lowest BCUT2D eigenvalue weighted by Gasteiger charge is -2.31. The molecule has 4 aromatic rings. The number of fused-ring (bicyclic) bond motifs is 1. The first-order chi connectivity index (χ1) is 17.7. The Kier molecular flexibility index (Phi) is 6.47. The molecule has 0 amide bonds. The van der Waals surface area contributed by atoms with Crippen molar-refractivity contribution in [2.24, 2.45) is 0 Å². The fourth-order valence-electron chi connectivity index (χ4n) is 4.77. The Morgan fingerprint density at radius 3 is 2.56 bits per heavy atom. The number of ether oxygens (including phenoxy) is 1. The van der Waals surface area contributed by atoms with E-state index < -0.39 is 0 Å². The third kappa shape index (κ3) is 4.88. The van der Waals surface area contributed by atoms with Gasteiger partial charge in [-0.3, -0.25) is 4.90 Å². The van der Waals surface area contributed by atoms with E-state index in [1.165, 1.54) is 18.5 Å². The normalized spacial score (nSPS) is 16.4. The number of rotatable bonds is 6. The van der Waals surface area contributed by atoms with Crippen molar-refractivity contribution in [2.75, 3.05) is 49.6 Å². The third-order valence-corrected chi connectivity index (χ3v) is 7.72. The molecule has 1 N–H and O–H groups in total. The van der Waals surface area contributed by atoms with E-state index in [4.69, 9.17) is 20.0 Å². The number of aromatic nitrogens is 3. The van der Waals surface area contributed by atoms with Gasteiger partial charge in [0.1, 0.15) is 16.6 Å². The molecule has 3 aromatic heterocycles. The van der Waals surface area contributed by atoms with Gasteiger partial charge >= 0.3 is 0 Å². The second-order valence-corrected chi connectivity index (χ2v) is 10.1. The molecule has 2 saturated heterocycles. The first-order valence-corrected chi connectivity index (χ1v) is 13.2. The third-order valence-electron chi connectivity index (χ3n) is 6.67. The van der Waals surface area contributed by atoms with Gasteiger partial charge in [0.15, 0.2) is 0 Å². The Labute approximate surface area is 214 Å². The van der Waals surface area contributed by atoms with Crippen LogP contribution in [0.1, 0.15) is 24.1 Å². The van der Waals surface area contributed by atoms with E-state index in [-0.39, 0.29) is 0 Å². The second kappa shape index (κ2) is 10.2. The van der Waals surface area contributed by atoms with Crippen molar-refractivity contribution in [2.45, 2.75) is 19.4 Å². The number of anilines is 3. The molecule has 2 fully saturated rings. The summed E-state index contributed by atoms with van der Waals surface area (Å²) in [5.41, 5.74) is 4.83. The summed E-state index contributed by atoms with van der Waals surface area (Å²) in [6.07, 6.45) is 4.37. The average molecular weight is 498 g/mol. The first-order valence-electron chi connectivity index (χ1n) is 12.3. The molecule has 0 unspecified atom stereocenters. The van der Waals surface area contributed by atoms with Crippen LogP contribution in [0.5, 0.6) is 0 Å². The monoisotopic (exact) mass is 497 g/mol. The number of nitrogens with zero attached hydrogens (tertiary/aromatic N) is 6. The average Bonchev–Trinajstić information content (AvgIpc) is 3.59. The molecular formula is C27H27N7OS. The van der Waals surface area contributed by atoms with E-state index in [0.717, 1.165) is 84.1 Å². The summed E-state index contributed by atoms with van der Waals surface area (Å²) >= 11 is 1.60. The lowest BCUT2D eigenvalue weighted by Crippen LogP contribution is -2.37. The van der Waals surface area contributed by atoms with Gasteiger partial charge in [-0.15, -0.1) is 11.3 Å². The number of morpholine rings is 1. The molecule has 6 rings (SSSR count). The molecule has 9 heteroatoms. The van der Waals surface area contributed by atoms with Gasteiger partial charge < -0.3 is 15.0 Å². The van der Waals surface area contributed by atoms with Crippen molar-refractivity contribution in [3.05, 3.63) is 59.9 Å². The second-order valence-electron chi connectivity index (χ2n) is 9.12. The molecule has 2 aliphatic rings. The highest BCUT2D eigenvalue weighted by Crippen LogP contribution is 2.32. The topological polar surface area (TPSA) is 90.2 Å². The molecule has 0 radical (unpaired) electrons. The molecule has 1 aromatic carbocycles. The Balaban J connectivity index is 1.25. The number of pyridine rings is 2. The lowest BCUT2D eigenvalue weighted by atomic mass is 10.1. The summed E-state index contributed by atoms with van der Waals surface area (Å²) in [5, 5.41) is 13.4. The summed E-state index contributed by atoms with van der Waals surface area (Å²) in [7, 11) is 0. The summed E-state index contributed by atoms with van der Waals surface area (Å²) in [5.74, 6) is 1.51. The van der Waals surface area contributed by atoms with E-state index in [9.17, 15) is 0 Å². The fourth-order valence-corrected chi connectivity index (χ4v) is 5.69. The molecule has 0 atom stereocenters. The predicted octanol–water partition coefficient (Wildman–Crippen LogP) is 4.80. The number of benzene rings is 1. The molecule has 0 spiro atoms. The standard InChI is InChI=1S/C27H27N7OS/c28-16-19-3-5-20(6-4-19)27-31-21-15-26(29-17-24(21)36-27)32-25-8-7-23(34-11-13-35-14-12-34)22(30-25)18-33-9-1-2-10-33/h3-8,15,17H,1-2,9-14,18H2,(H,29,30,32). The van der Waals surface area contributed by atoms with Crippen LogP contribution in [0.2, 0.25) is 0 Å². The molecule has 0 saturated carbocycles. The molecule has 5 heterocycles. The van der Waals surface area contributed by atoms with Crippen molar-refractivity contribution < 1.29 is 4.74 Å². The van der Waals surface area contributed by atoms with Gasteiger partial charge in [-0.25, -0.2) is 15.0 Å². The number of nitrogens with one attached hydrogen (secondary N) is 1. The van der Waals surface area contributed by atoms with Crippen molar-refractivity contribution >= 4 is 38.9 Å². The highest BCUT2D eigenvalue weighted by atomic mass is 32.1. The summed E-state index contributed by atoms with van der Waals surface area (Å²) in [6.45, 7) is 6.41. The van der Waals surface area contributed by atoms with E-state index in [1.54, 1.807) is 11.3 Å². The summed E-state index contributed by atoms with van der Waals surface area (Å²) in [4.78, 5) is 19.3. The van der Waals surface area contributed by atoms with Gasteiger partial charge in [0, 0.05) is 37.5 Å². The SMILES string of the molecule is N#Cc1ccc(-c2nc3cc(Nc4ccc(N5CCOCC5)c(CN5CCCC5)n4)ncc3s2)cc1. The number of thiazole rings is 1. The van der Waals surface area contributed by atoms with E-state index in [2.05, 4.69) is 32.2 Å². The van der Waals surface area contributed by atoms with Crippen LogP contribution in [0.25, 0.3) is 20.8 Å². The quantitative estimate of drug-likeness (QED) is 0.406. The van der Waals surface area contributed by atoms with Crippen LogP contribution < -0.4 is 10.2 Å². The fraction of sp³-hybridized carbons (Fsp3) is 0.333. The van der Waals surface area contributed by atoms with Crippen LogP contribution in [0, 0.1) is 11.3 Å². The molecule has 0 bridgehead atoms. The molecule has 0 aliphatic carbocycles. The maximum Gasteiger partial charge on any atom is 0.133 e. The number of likely N-dealkylation sites (tertiary alicyclic amines) is 1. The van der Waals surface area contributed by atoms with E-state index in [0.29, 0.717) is 5.56 Å². The first kappa shape index (κ1) is 22.9. The molecule has 36 heavy (non-hydrogen) atoms. The van der Waals surface area contributed by atoms with E-state index in [1.807, 2.05) is 42.6 Å². The van der Waals surface area contributed by atoms with Crippen LogP contribution in [-0.2, 0) is 11.3 Å². The maximum absolute atomic E-state index is 9.04. The zero-order valence-corrected chi connectivity index (χ0v) is 20.8. The van der Waals surface area contributed by atoms with Gasteiger partial charge in [0.25, 0.3) is 0 Å². The highest BCUT2D eigenvalue weighted by molar-refractivity contribution is 7.21. The zero-order valence-electron chi connectivity index (χ0n) is 20.0. The molecule has 2 aliphatic heterocycles. The van der Waals surface area contributed by atoms with Crippen LogP contribution in [0.4, 0.5) is 17.3 Å². The Morgan fingerprint density at radius 1 is 0.972 bits per heavy atom. The maximum atomic E-state index is 9.04. The van der Waals surface area contributed by atoms with Gasteiger partial charge in [-0.2, -0.15) is 5.26 Å². The number of hydrogen-bond acceptors (Lipinski definition) is 9. The summed E-state index contributed by atoms with van der Waals surface area (Å²) in [6, 6.07) is 15.8. The van der Waals surface area contributed by atoms with Gasteiger partial charge in [-0.1, -0.05) is 12.1 Å². The lowest BCUT2D eigenvalue weighted by molar-refractivity contribution is 0.122. The van der Waals surface area contributed by atoms with Gasteiger partial charge in [0.2, 0.25) is 0 Å². The Hall–Kier alpha value is -3.58. The van der Waals surface area contributed by atoms with Crippen molar-refractivity contribution in [3.63, 3.8) is 0 Å². The number of hydrogen-bond donors (Lipinski definition) is 1. The summed E-state index contributed by atoms with van der Waals surface area (Å²) < 4.78 is 6.58.